The smallest absolute Gasteiger partial charge is 0.237 e. The molecule has 152 valence electrons. The number of nitrogens with two attached hydrogens (primary N) is 2. The molecule has 6 heteroatoms. The van der Waals surface area contributed by atoms with E-state index in [1.165, 1.54) is 0 Å². The lowest BCUT2D eigenvalue weighted by molar-refractivity contribution is -0.118. The summed E-state index contributed by atoms with van der Waals surface area (Å²) < 4.78 is 8.10. The molecule has 30 heavy (non-hydrogen) atoms. The summed E-state index contributed by atoms with van der Waals surface area (Å²) in [5, 5.41) is 3.30. The number of furan rings is 1. The zero-order chi connectivity index (χ0) is 20.0. The Morgan fingerprint density at radius 1 is 0.967 bits per heavy atom. The third-order valence-electron chi connectivity index (χ3n) is 5.42. The molecular formula is C24H22ClN3O2. The highest BCUT2D eigenvalue weighted by atomic mass is 35.5. The van der Waals surface area contributed by atoms with E-state index in [1.807, 2.05) is 35.0 Å². The van der Waals surface area contributed by atoms with Gasteiger partial charge in [-0.2, -0.15) is 0 Å². The number of carbonyl (C=O) groups is 1. The number of hydrogen-bond donors (Lipinski definition) is 2. The first kappa shape index (κ1) is 20.0. The topological polar surface area (TPSA) is 87.2 Å². The van der Waals surface area contributed by atoms with Gasteiger partial charge in [0, 0.05) is 33.4 Å². The Balaban J connectivity index is 0.00000218. The monoisotopic (exact) mass is 419 g/mol. The maximum atomic E-state index is 11.5. The maximum Gasteiger partial charge on any atom is 0.237 e. The fourth-order valence-electron chi connectivity index (χ4n) is 4.17. The Morgan fingerprint density at radius 3 is 2.57 bits per heavy atom. The van der Waals surface area contributed by atoms with Crippen LogP contribution >= 0.6 is 12.4 Å². The van der Waals surface area contributed by atoms with Crippen LogP contribution in [0.2, 0.25) is 0 Å². The fraction of sp³-hybridized carbons (Fsp3) is 0.125. The Morgan fingerprint density at radius 2 is 1.77 bits per heavy atom. The number of nitrogens with zero attached hydrogens (tertiary/aromatic N) is 1. The van der Waals surface area contributed by atoms with Gasteiger partial charge in [0.05, 0.1) is 0 Å². The minimum atomic E-state index is -0.364. The molecule has 3 aromatic carbocycles. The number of rotatable bonds is 5. The summed E-state index contributed by atoms with van der Waals surface area (Å²) in [5.74, 6) is -0.364. The van der Waals surface area contributed by atoms with Crippen LogP contribution in [0.3, 0.4) is 0 Å². The van der Waals surface area contributed by atoms with Crippen molar-refractivity contribution in [3.8, 4) is 11.1 Å². The molecule has 5 rings (SSSR count). The van der Waals surface area contributed by atoms with Crippen molar-refractivity contribution in [1.82, 2.24) is 4.57 Å². The van der Waals surface area contributed by atoms with Crippen LogP contribution in [0.4, 0.5) is 0 Å². The van der Waals surface area contributed by atoms with Gasteiger partial charge in [0.15, 0.2) is 0 Å². The number of amides is 1. The number of carbonyl (C=O) groups excluding carboxylic acids is 1. The predicted octanol–water partition coefficient (Wildman–Crippen LogP) is 4.62. The number of halogens is 1. The maximum absolute atomic E-state index is 11.5. The molecule has 0 bridgehead atoms. The molecule has 0 radical (unpaired) electrons. The van der Waals surface area contributed by atoms with Gasteiger partial charge >= 0.3 is 0 Å². The van der Waals surface area contributed by atoms with E-state index in [4.69, 9.17) is 15.9 Å². The van der Waals surface area contributed by atoms with Crippen LogP contribution in [-0.2, 0) is 17.8 Å². The summed E-state index contributed by atoms with van der Waals surface area (Å²) in [4.78, 5) is 11.5. The first-order valence-electron chi connectivity index (χ1n) is 9.66. The lowest BCUT2D eigenvalue weighted by Gasteiger charge is -2.06. The minimum Gasteiger partial charge on any atom is -0.455 e. The van der Waals surface area contributed by atoms with Gasteiger partial charge in [-0.15, -0.1) is 12.4 Å². The van der Waals surface area contributed by atoms with E-state index in [2.05, 4.69) is 36.4 Å². The van der Waals surface area contributed by atoms with Gasteiger partial charge in [-0.25, -0.2) is 0 Å². The van der Waals surface area contributed by atoms with Crippen LogP contribution in [-0.4, -0.2) is 17.0 Å². The van der Waals surface area contributed by atoms with Gasteiger partial charge in [-0.1, -0.05) is 42.5 Å². The highest BCUT2D eigenvalue weighted by Crippen LogP contribution is 2.37. The molecule has 0 spiro atoms. The molecule has 2 heterocycles. The van der Waals surface area contributed by atoms with Crippen molar-refractivity contribution in [1.29, 1.82) is 0 Å². The Hall–Kier alpha value is -3.28. The van der Waals surface area contributed by atoms with E-state index in [0.717, 1.165) is 56.0 Å². The molecular weight excluding hydrogens is 398 g/mol. The van der Waals surface area contributed by atoms with Crippen LogP contribution in [0.1, 0.15) is 5.56 Å². The van der Waals surface area contributed by atoms with Gasteiger partial charge in [0.2, 0.25) is 5.91 Å². The van der Waals surface area contributed by atoms with Gasteiger partial charge in [-0.05, 0) is 42.3 Å². The summed E-state index contributed by atoms with van der Waals surface area (Å²) in [7, 11) is 0. The van der Waals surface area contributed by atoms with Gasteiger partial charge in [0.25, 0.3) is 0 Å². The van der Waals surface area contributed by atoms with Crippen molar-refractivity contribution in [2.24, 2.45) is 11.5 Å². The van der Waals surface area contributed by atoms with E-state index in [-0.39, 0.29) is 24.9 Å². The molecule has 0 atom stereocenters. The van der Waals surface area contributed by atoms with Crippen molar-refractivity contribution in [2.75, 3.05) is 6.54 Å². The Kier molecular flexibility index (Phi) is 5.24. The third kappa shape index (κ3) is 3.22. The normalized spacial score (nSPS) is 11.2. The summed E-state index contributed by atoms with van der Waals surface area (Å²) in [5.41, 5.74) is 17.2. The third-order valence-corrected chi connectivity index (χ3v) is 5.42. The van der Waals surface area contributed by atoms with Crippen LogP contribution in [0, 0.1) is 0 Å². The van der Waals surface area contributed by atoms with Gasteiger partial charge in [0.1, 0.15) is 17.7 Å². The first-order chi connectivity index (χ1) is 14.2. The summed E-state index contributed by atoms with van der Waals surface area (Å²) in [6, 6.07) is 20.6. The summed E-state index contributed by atoms with van der Waals surface area (Å²) in [6.07, 6.45) is 2.72. The number of aromatic nitrogens is 1. The van der Waals surface area contributed by atoms with Crippen LogP contribution in [0.25, 0.3) is 44.0 Å². The van der Waals surface area contributed by atoms with E-state index < -0.39 is 0 Å². The second kappa shape index (κ2) is 7.86. The second-order valence-electron chi connectivity index (χ2n) is 7.30. The molecule has 5 aromatic rings. The Bertz CT molecular complexity index is 1380. The molecule has 1 amide bonds. The lowest BCUT2D eigenvalue weighted by Crippen LogP contribution is -2.17. The molecule has 0 aliphatic heterocycles. The minimum absolute atomic E-state index is 0. The van der Waals surface area contributed by atoms with E-state index in [9.17, 15) is 4.79 Å². The molecule has 0 unspecified atom stereocenters. The van der Waals surface area contributed by atoms with Crippen LogP contribution in [0.15, 0.2) is 71.3 Å². The molecule has 0 fully saturated rings. The molecule has 0 saturated heterocycles. The fourth-order valence-corrected chi connectivity index (χ4v) is 4.17. The average molecular weight is 420 g/mol. The highest BCUT2D eigenvalue weighted by Gasteiger charge is 2.15. The van der Waals surface area contributed by atoms with Crippen LogP contribution < -0.4 is 11.5 Å². The number of para-hydroxylation sites is 2. The van der Waals surface area contributed by atoms with E-state index in [0.29, 0.717) is 6.54 Å². The van der Waals surface area contributed by atoms with Crippen molar-refractivity contribution in [3.63, 3.8) is 0 Å². The molecule has 0 saturated carbocycles. The number of benzene rings is 3. The standard InChI is InChI=1S/C24H21N3O2.ClH/c25-11-10-16-13-27(14-23(26)28)21-9-8-15(12-20(16)21)17-5-3-6-19-18-4-1-2-7-22(18)29-24(17)19;/h1-9,12-13H,10-11,14,25H2,(H2,26,28);1H. The predicted molar refractivity (Wildman–Crippen MR) is 124 cm³/mol. The quantitative estimate of drug-likeness (QED) is 0.436. The number of hydrogen-bond acceptors (Lipinski definition) is 3. The average Bonchev–Trinajstić information content (AvgIpc) is 3.26. The molecule has 0 aliphatic rings. The zero-order valence-electron chi connectivity index (χ0n) is 16.3. The molecule has 4 N–H and O–H groups in total. The lowest BCUT2D eigenvalue weighted by atomic mass is 9.99. The van der Waals surface area contributed by atoms with Crippen molar-refractivity contribution >= 4 is 51.2 Å². The SMILES string of the molecule is Cl.NCCc1cn(CC(N)=O)c2ccc(-c3cccc4c3oc3ccccc34)cc12. The Labute approximate surface area is 179 Å². The zero-order valence-corrected chi connectivity index (χ0v) is 17.1. The molecule has 2 aromatic heterocycles. The summed E-state index contributed by atoms with van der Waals surface area (Å²) in [6.45, 7) is 0.693. The first-order valence-corrected chi connectivity index (χ1v) is 9.66. The highest BCUT2D eigenvalue weighted by molar-refractivity contribution is 6.10. The summed E-state index contributed by atoms with van der Waals surface area (Å²) >= 11 is 0. The van der Waals surface area contributed by atoms with E-state index in [1.54, 1.807) is 0 Å². The van der Waals surface area contributed by atoms with E-state index >= 15 is 0 Å². The number of fused-ring (bicyclic) bond motifs is 4. The molecule has 5 nitrogen and oxygen atoms in total. The van der Waals surface area contributed by atoms with Crippen LogP contribution in [0.5, 0.6) is 0 Å². The largest absolute Gasteiger partial charge is 0.455 e. The van der Waals surface area contributed by atoms with Gasteiger partial charge in [-0.3, -0.25) is 4.79 Å². The molecule has 0 aliphatic carbocycles. The second-order valence-corrected chi connectivity index (χ2v) is 7.30. The van der Waals surface area contributed by atoms with Crippen molar-refractivity contribution in [2.45, 2.75) is 13.0 Å². The van der Waals surface area contributed by atoms with Gasteiger partial charge < -0.3 is 20.5 Å². The van der Waals surface area contributed by atoms with Crippen molar-refractivity contribution < 1.29 is 9.21 Å². The number of primary amides is 1. The van der Waals surface area contributed by atoms with Crippen molar-refractivity contribution in [3.05, 3.63) is 72.4 Å².